The third-order valence-electron chi connectivity index (χ3n) is 3.39. The molecule has 1 aromatic rings. The van der Waals surface area contributed by atoms with E-state index in [0.29, 0.717) is 18.7 Å². The van der Waals surface area contributed by atoms with E-state index < -0.39 is 0 Å². The van der Waals surface area contributed by atoms with Gasteiger partial charge in [-0.05, 0) is 43.4 Å². The fraction of sp³-hybridized carbons (Fsp3) is 0.533. The molecule has 0 spiro atoms. The molecule has 0 aliphatic heterocycles. The van der Waals surface area contributed by atoms with Crippen LogP contribution in [0.2, 0.25) is 0 Å². The Kier molecular flexibility index (Phi) is 4.99. The highest BCUT2D eigenvalue weighted by Crippen LogP contribution is 2.28. The molecular formula is C15H20BrNO2. The van der Waals surface area contributed by atoms with Crippen molar-refractivity contribution in [3.05, 3.63) is 33.8 Å². The molecular weight excluding hydrogens is 306 g/mol. The minimum Gasteiger partial charge on any atom is -0.379 e. The molecule has 1 saturated carbocycles. The van der Waals surface area contributed by atoms with Crippen LogP contribution in [0.25, 0.3) is 0 Å². The van der Waals surface area contributed by atoms with Crippen LogP contribution < -0.4 is 0 Å². The van der Waals surface area contributed by atoms with E-state index in [2.05, 4.69) is 15.9 Å². The number of rotatable bonds is 6. The third-order valence-corrected chi connectivity index (χ3v) is 4.24. The van der Waals surface area contributed by atoms with Crippen molar-refractivity contribution in [2.45, 2.75) is 19.8 Å². The van der Waals surface area contributed by atoms with Crippen molar-refractivity contribution < 1.29 is 9.53 Å². The molecule has 1 aromatic carbocycles. The van der Waals surface area contributed by atoms with Crippen molar-refractivity contribution >= 4 is 21.8 Å². The maximum absolute atomic E-state index is 12.2. The van der Waals surface area contributed by atoms with Crippen LogP contribution in [-0.2, 0) is 4.74 Å². The second-order valence-electron chi connectivity index (χ2n) is 5.21. The number of hydrogen-bond acceptors (Lipinski definition) is 2. The zero-order chi connectivity index (χ0) is 13.8. The summed E-state index contributed by atoms with van der Waals surface area (Å²) in [5, 5.41) is 0. The molecule has 0 unspecified atom stereocenters. The van der Waals surface area contributed by atoms with Crippen molar-refractivity contribution in [2.24, 2.45) is 5.92 Å². The first-order chi connectivity index (χ1) is 9.08. The van der Waals surface area contributed by atoms with Gasteiger partial charge in [0.25, 0.3) is 5.91 Å². The number of hydrogen-bond donors (Lipinski definition) is 0. The highest BCUT2D eigenvalue weighted by Gasteiger charge is 2.21. The Balaban J connectivity index is 1.81. The number of nitrogens with zero attached hydrogens (tertiary/aromatic N) is 1. The average Bonchev–Trinajstić information content (AvgIpc) is 3.21. The molecule has 2 rings (SSSR count). The van der Waals surface area contributed by atoms with Crippen LogP contribution in [-0.4, -0.2) is 37.6 Å². The van der Waals surface area contributed by atoms with E-state index in [1.807, 2.05) is 32.2 Å². The van der Waals surface area contributed by atoms with Gasteiger partial charge in [0.15, 0.2) is 0 Å². The summed E-state index contributed by atoms with van der Waals surface area (Å²) >= 11 is 3.45. The SMILES string of the molecule is Cc1ccc(C(=O)N(C)CCOCC2CC2)cc1Br. The summed E-state index contributed by atoms with van der Waals surface area (Å²) in [6, 6.07) is 5.69. The monoisotopic (exact) mass is 325 g/mol. The summed E-state index contributed by atoms with van der Waals surface area (Å²) in [4.78, 5) is 13.9. The van der Waals surface area contributed by atoms with Gasteiger partial charge in [0.1, 0.15) is 0 Å². The van der Waals surface area contributed by atoms with Gasteiger partial charge in [-0.3, -0.25) is 4.79 Å². The predicted octanol–water partition coefficient (Wildman–Crippen LogP) is 3.26. The van der Waals surface area contributed by atoms with E-state index in [1.165, 1.54) is 12.8 Å². The van der Waals surface area contributed by atoms with Crippen molar-refractivity contribution in [3.8, 4) is 0 Å². The van der Waals surface area contributed by atoms with Gasteiger partial charge in [0, 0.05) is 30.2 Å². The molecule has 1 aliphatic carbocycles. The smallest absolute Gasteiger partial charge is 0.253 e. The van der Waals surface area contributed by atoms with Gasteiger partial charge >= 0.3 is 0 Å². The highest BCUT2D eigenvalue weighted by atomic mass is 79.9. The summed E-state index contributed by atoms with van der Waals surface area (Å²) in [6.45, 7) is 4.11. The lowest BCUT2D eigenvalue weighted by Crippen LogP contribution is -2.30. The molecule has 0 N–H and O–H groups in total. The van der Waals surface area contributed by atoms with E-state index in [1.54, 1.807) is 4.90 Å². The average molecular weight is 326 g/mol. The first-order valence-electron chi connectivity index (χ1n) is 6.67. The molecule has 3 nitrogen and oxygen atoms in total. The first kappa shape index (κ1) is 14.5. The minimum atomic E-state index is 0.0377. The van der Waals surface area contributed by atoms with Crippen molar-refractivity contribution in [1.82, 2.24) is 4.90 Å². The van der Waals surface area contributed by atoms with Crippen LogP contribution in [0.1, 0.15) is 28.8 Å². The summed E-state index contributed by atoms with van der Waals surface area (Å²) < 4.78 is 6.52. The molecule has 0 radical (unpaired) electrons. The molecule has 19 heavy (non-hydrogen) atoms. The van der Waals surface area contributed by atoms with Crippen LogP contribution >= 0.6 is 15.9 Å². The number of carbonyl (C=O) groups excluding carboxylic acids is 1. The minimum absolute atomic E-state index is 0.0377. The van der Waals surface area contributed by atoms with Gasteiger partial charge < -0.3 is 9.64 Å². The number of benzene rings is 1. The summed E-state index contributed by atoms with van der Waals surface area (Å²) in [7, 11) is 1.82. The van der Waals surface area contributed by atoms with Gasteiger partial charge in [-0.25, -0.2) is 0 Å². The molecule has 0 saturated heterocycles. The van der Waals surface area contributed by atoms with Gasteiger partial charge in [-0.15, -0.1) is 0 Å². The zero-order valence-electron chi connectivity index (χ0n) is 11.5. The van der Waals surface area contributed by atoms with Gasteiger partial charge in [-0.1, -0.05) is 22.0 Å². The van der Waals surface area contributed by atoms with Crippen LogP contribution in [0.15, 0.2) is 22.7 Å². The Labute approximate surface area is 123 Å². The molecule has 0 bridgehead atoms. The molecule has 1 fully saturated rings. The second-order valence-corrected chi connectivity index (χ2v) is 6.06. The molecule has 4 heteroatoms. The maximum Gasteiger partial charge on any atom is 0.253 e. The topological polar surface area (TPSA) is 29.5 Å². The van der Waals surface area contributed by atoms with Gasteiger partial charge in [-0.2, -0.15) is 0 Å². The van der Waals surface area contributed by atoms with Crippen LogP contribution in [0.4, 0.5) is 0 Å². The Morgan fingerprint density at radius 1 is 1.47 bits per heavy atom. The number of carbonyl (C=O) groups is 1. The number of aryl methyl sites for hydroxylation is 1. The fourth-order valence-electron chi connectivity index (χ4n) is 1.78. The summed E-state index contributed by atoms with van der Waals surface area (Å²) in [5.41, 5.74) is 1.84. The lowest BCUT2D eigenvalue weighted by Gasteiger charge is -2.17. The second kappa shape index (κ2) is 6.53. The van der Waals surface area contributed by atoms with Crippen LogP contribution in [0.5, 0.6) is 0 Å². The van der Waals surface area contributed by atoms with Crippen LogP contribution in [0, 0.1) is 12.8 Å². The molecule has 0 heterocycles. The molecule has 0 aromatic heterocycles. The Bertz CT molecular complexity index is 457. The Morgan fingerprint density at radius 2 is 2.21 bits per heavy atom. The highest BCUT2D eigenvalue weighted by molar-refractivity contribution is 9.10. The summed E-state index contributed by atoms with van der Waals surface area (Å²) in [5.74, 6) is 0.810. The van der Waals surface area contributed by atoms with E-state index in [0.717, 1.165) is 22.6 Å². The summed E-state index contributed by atoms with van der Waals surface area (Å²) in [6.07, 6.45) is 2.60. The van der Waals surface area contributed by atoms with Gasteiger partial charge in [0.2, 0.25) is 0 Å². The normalized spacial score (nSPS) is 14.5. The largest absolute Gasteiger partial charge is 0.379 e. The lowest BCUT2D eigenvalue weighted by molar-refractivity contribution is 0.0681. The van der Waals surface area contributed by atoms with Crippen LogP contribution in [0.3, 0.4) is 0 Å². The van der Waals surface area contributed by atoms with Gasteiger partial charge in [0.05, 0.1) is 6.61 Å². The van der Waals surface area contributed by atoms with E-state index in [4.69, 9.17) is 4.74 Å². The third kappa shape index (κ3) is 4.32. The standard InChI is InChI=1S/C15H20BrNO2/c1-11-3-6-13(9-14(11)16)15(18)17(2)7-8-19-10-12-4-5-12/h3,6,9,12H,4-5,7-8,10H2,1-2H3. The molecule has 1 amide bonds. The lowest BCUT2D eigenvalue weighted by atomic mass is 10.1. The number of likely N-dealkylation sites (N-methyl/N-ethyl adjacent to an activating group) is 1. The maximum atomic E-state index is 12.2. The Morgan fingerprint density at radius 3 is 2.84 bits per heavy atom. The molecule has 104 valence electrons. The van der Waals surface area contributed by atoms with E-state index in [9.17, 15) is 4.79 Å². The number of amides is 1. The molecule has 1 aliphatic rings. The fourth-order valence-corrected chi connectivity index (χ4v) is 2.16. The molecule has 0 atom stereocenters. The van der Waals surface area contributed by atoms with Crippen molar-refractivity contribution in [2.75, 3.05) is 26.8 Å². The van der Waals surface area contributed by atoms with E-state index in [-0.39, 0.29) is 5.91 Å². The predicted molar refractivity (Wildman–Crippen MR) is 79.4 cm³/mol. The zero-order valence-corrected chi connectivity index (χ0v) is 13.1. The van der Waals surface area contributed by atoms with Crippen molar-refractivity contribution in [1.29, 1.82) is 0 Å². The quantitative estimate of drug-likeness (QED) is 0.751. The van der Waals surface area contributed by atoms with E-state index >= 15 is 0 Å². The number of halogens is 1. The van der Waals surface area contributed by atoms with Crippen molar-refractivity contribution in [3.63, 3.8) is 0 Å². The first-order valence-corrected chi connectivity index (χ1v) is 7.46. The Hall–Kier alpha value is -0.870. The number of ether oxygens (including phenoxy) is 1.